The van der Waals surface area contributed by atoms with Gasteiger partial charge in [-0.1, -0.05) is 24.3 Å². The van der Waals surface area contributed by atoms with Crippen LogP contribution in [-0.4, -0.2) is 17.8 Å². The van der Waals surface area contributed by atoms with Gasteiger partial charge < -0.3 is 15.2 Å². The van der Waals surface area contributed by atoms with E-state index in [1.807, 2.05) is 48.5 Å². The monoisotopic (exact) mass is 308 g/mol. The number of hydrogen-bond donors (Lipinski definition) is 1. The molecule has 5 heteroatoms. The van der Waals surface area contributed by atoms with Crippen LogP contribution in [0, 0.1) is 0 Å². The summed E-state index contributed by atoms with van der Waals surface area (Å²) < 4.78 is 12.7. The second-order valence-corrected chi connectivity index (χ2v) is 5.53. The summed E-state index contributed by atoms with van der Waals surface area (Å²) in [5.74, 6) is 1.89. The van der Waals surface area contributed by atoms with Crippen molar-refractivity contribution >= 4 is 16.6 Å². The molecule has 0 saturated heterocycles. The first-order valence-corrected chi connectivity index (χ1v) is 7.49. The van der Waals surface area contributed by atoms with Gasteiger partial charge in [0.05, 0.1) is 6.54 Å². The van der Waals surface area contributed by atoms with Gasteiger partial charge in [0.2, 0.25) is 0 Å². The number of rotatable bonds is 2. The smallest absolute Gasteiger partial charge is 0.260 e. The van der Waals surface area contributed by atoms with Gasteiger partial charge in [-0.05, 0) is 35.2 Å². The SMILES string of the molecule is Nc1cc2ccccc2c(=O)n1Cc1ccc2c(c1)OCCO2. The highest BCUT2D eigenvalue weighted by molar-refractivity contribution is 5.83. The molecule has 23 heavy (non-hydrogen) atoms. The van der Waals surface area contributed by atoms with Gasteiger partial charge in [-0.15, -0.1) is 0 Å². The van der Waals surface area contributed by atoms with Crippen LogP contribution in [0.3, 0.4) is 0 Å². The Morgan fingerprint density at radius 3 is 2.65 bits per heavy atom. The first-order valence-electron chi connectivity index (χ1n) is 7.49. The second kappa shape index (κ2) is 5.35. The Morgan fingerprint density at radius 1 is 1.00 bits per heavy atom. The third kappa shape index (κ3) is 2.40. The average Bonchev–Trinajstić information content (AvgIpc) is 2.58. The molecule has 2 N–H and O–H groups in total. The van der Waals surface area contributed by atoms with Gasteiger partial charge in [-0.25, -0.2) is 0 Å². The highest BCUT2D eigenvalue weighted by Crippen LogP contribution is 2.31. The fourth-order valence-electron chi connectivity index (χ4n) is 2.85. The van der Waals surface area contributed by atoms with E-state index in [4.69, 9.17) is 15.2 Å². The van der Waals surface area contributed by atoms with Crippen molar-refractivity contribution in [2.45, 2.75) is 6.54 Å². The first kappa shape index (κ1) is 13.7. The van der Waals surface area contributed by atoms with Crippen molar-refractivity contribution in [1.29, 1.82) is 0 Å². The molecule has 3 aromatic rings. The van der Waals surface area contributed by atoms with Crippen molar-refractivity contribution in [3.63, 3.8) is 0 Å². The molecule has 1 aromatic heterocycles. The molecule has 116 valence electrons. The molecule has 5 nitrogen and oxygen atoms in total. The van der Waals surface area contributed by atoms with E-state index in [-0.39, 0.29) is 5.56 Å². The maximum Gasteiger partial charge on any atom is 0.260 e. The Bertz CT molecular complexity index is 947. The van der Waals surface area contributed by atoms with Gasteiger partial charge in [0.15, 0.2) is 11.5 Å². The summed E-state index contributed by atoms with van der Waals surface area (Å²) in [4.78, 5) is 12.7. The van der Waals surface area contributed by atoms with Crippen LogP contribution >= 0.6 is 0 Å². The first-order chi connectivity index (χ1) is 11.2. The van der Waals surface area contributed by atoms with Crippen molar-refractivity contribution in [2.75, 3.05) is 18.9 Å². The van der Waals surface area contributed by atoms with Crippen molar-refractivity contribution in [1.82, 2.24) is 4.57 Å². The molecule has 0 radical (unpaired) electrons. The molecular weight excluding hydrogens is 292 g/mol. The van der Waals surface area contributed by atoms with Gasteiger partial charge in [0, 0.05) is 5.39 Å². The van der Waals surface area contributed by atoms with Crippen molar-refractivity contribution < 1.29 is 9.47 Å². The number of nitrogen functional groups attached to an aromatic ring is 1. The van der Waals surface area contributed by atoms with Crippen LogP contribution in [0.2, 0.25) is 0 Å². The number of hydrogen-bond acceptors (Lipinski definition) is 4. The fraction of sp³-hybridized carbons (Fsp3) is 0.167. The van der Waals surface area contributed by atoms with E-state index in [1.54, 1.807) is 4.57 Å². The summed E-state index contributed by atoms with van der Waals surface area (Å²) in [6.45, 7) is 1.49. The predicted octanol–water partition coefficient (Wildman–Crippen LogP) is 2.40. The summed E-state index contributed by atoms with van der Waals surface area (Å²) in [6.07, 6.45) is 0. The Kier molecular flexibility index (Phi) is 3.19. The average molecular weight is 308 g/mol. The predicted molar refractivity (Wildman–Crippen MR) is 89.2 cm³/mol. The van der Waals surface area contributed by atoms with E-state index in [9.17, 15) is 4.79 Å². The summed E-state index contributed by atoms with van der Waals surface area (Å²) in [7, 11) is 0. The molecule has 2 heterocycles. The van der Waals surface area contributed by atoms with E-state index >= 15 is 0 Å². The van der Waals surface area contributed by atoms with Crippen LogP contribution in [-0.2, 0) is 6.54 Å². The lowest BCUT2D eigenvalue weighted by atomic mass is 10.1. The quantitative estimate of drug-likeness (QED) is 0.789. The van der Waals surface area contributed by atoms with E-state index < -0.39 is 0 Å². The molecule has 1 aliphatic heterocycles. The molecular formula is C18H16N2O3. The van der Waals surface area contributed by atoms with Crippen molar-refractivity contribution in [3.05, 3.63) is 64.4 Å². The minimum Gasteiger partial charge on any atom is -0.486 e. The maximum atomic E-state index is 12.7. The van der Waals surface area contributed by atoms with Crippen LogP contribution in [0.4, 0.5) is 5.82 Å². The van der Waals surface area contributed by atoms with Gasteiger partial charge in [-0.3, -0.25) is 9.36 Å². The van der Waals surface area contributed by atoms with E-state index in [2.05, 4.69) is 0 Å². The van der Waals surface area contributed by atoms with E-state index in [0.29, 0.717) is 36.7 Å². The number of fused-ring (bicyclic) bond motifs is 2. The van der Waals surface area contributed by atoms with Crippen molar-refractivity contribution in [2.24, 2.45) is 0 Å². The molecule has 0 fully saturated rings. The summed E-state index contributed by atoms with van der Waals surface area (Å²) in [5.41, 5.74) is 6.94. The Balaban J connectivity index is 1.77. The number of nitrogens with two attached hydrogens (primary N) is 1. The summed E-state index contributed by atoms with van der Waals surface area (Å²) in [6, 6.07) is 15.0. The summed E-state index contributed by atoms with van der Waals surface area (Å²) >= 11 is 0. The fourth-order valence-corrected chi connectivity index (χ4v) is 2.85. The molecule has 0 atom stereocenters. The lowest BCUT2D eigenvalue weighted by Crippen LogP contribution is -2.23. The molecule has 0 amide bonds. The molecule has 0 spiro atoms. The van der Waals surface area contributed by atoms with Gasteiger partial charge >= 0.3 is 0 Å². The van der Waals surface area contributed by atoms with Crippen molar-refractivity contribution in [3.8, 4) is 11.5 Å². The van der Waals surface area contributed by atoms with Crippen LogP contribution in [0.15, 0.2) is 53.3 Å². The molecule has 0 aliphatic carbocycles. The molecule has 0 bridgehead atoms. The van der Waals surface area contributed by atoms with Crippen LogP contribution in [0.1, 0.15) is 5.56 Å². The standard InChI is InChI=1S/C18H16N2O3/c19-17-10-13-3-1-2-4-14(13)18(21)20(17)11-12-5-6-15-16(9-12)23-8-7-22-15/h1-6,9-10H,7-8,11,19H2. The van der Waals surface area contributed by atoms with Crippen LogP contribution < -0.4 is 20.8 Å². The van der Waals surface area contributed by atoms with E-state index in [1.165, 1.54) is 0 Å². The zero-order valence-corrected chi connectivity index (χ0v) is 12.5. The number of pyridine rings is 1. The highest BCUT2D eigenvalue weighted by Gasteiger charge is 2.13. The molecule has 4 rings (SSSR count). The molecule has 0 saturated carbocycles. The molecule has 0 unspecified atom stereocenters. The number of anilines is 1. The number of nitrogens with zero attached hydrogens (tertiary/aromatic N) is 1. The second-order valence-electron chi connectivity index (χ2n) is 5.53. The lowest BCUT2D eigenvalue weighted by Gasteiger charge is -2.19. The Labute approximate surface area is 132 Å². The number of benzene rings is 2. The lowest BCUT2D eigenvalue weighted by molar-refractivity contribution is 0.171. The number of aromatic nitrogens is 1. The zero-order valence-electron chi connectivity index (χ0n) is 12.5. The van der Waals surface area contributed by atoms with Gasteiger partial charge in [0.1, 0.15) is 19.0 Å². The minimum absolute atomic E-state index is 0.0875. The minimum atomic E-state index is -0.0875. The van der Waals surface area contributed by atoms with Crippen LogP contribution in [0.25, 0.3) is 10.8 Å². The van der Waals surface area contributed by atoms with Gasteiger partial charge in [0.25, 0.3) is 5.56 Å². The van der Waals surface area contributed by atoms with Gasteiger partial charge in [-0.2, -0.15) is 0 Å². The molecule has 1 aliphatic rings. The normalized spacial score (nSPS) is 13.2. The number of ether oxygens (including phenoxy) is 2. The summed E-state index contributed by atoms with van der Waals surface area (Å²) in [5, 5.41) is 1.52. The third-order valence-corrected chi connectivity index (χ3v) is 4.00. The molecule has 2 aromatic carbocycles. The topological polar surface area (TPSA) is 66.5 Å². The van der Waals surface area contributed by atoms with E-state index in [0.717, 1.165) is 16.7 Å². The van der Waals surface area contributed by atoms with Crippen LogP contribution in [0.5, 0.6) is 11.5 Å². The zero-order chi connectivity index (χ0) is 15.8. The highest BCUT2D eigenvalue weighted by atomic mass is 16.6. The Morgan fingerprint density at radius 2 is 1.78 bits per heavy atom. The third-order valence-electron chi connectivity index (χ3n) is 4.00. The Hall–Kier alpha value is -2.95. The largest absolute Gasteiger partial charge is 0.486 e. The maximum absolute atomic E-state index is 12.7.